The highest BCUT2D eigenvalue weighted by molar-refractivity contribution is 5.87. The van der Waals surface area contributed by atoms with Crippen LogP contribution in [0.15, 0.2) is 24.8 Å². The van der Waals surface area contributed by atoms with E-state index in [-0.39, 0.29) is 42.0 Å². The number of ether oxygens (including phenoxy) is 1. The van der Waals surface area contributed by atoms with E-state index in [0.717, 1.165) is 37.1 Å². The van der Waals surface area contributed by atoms with Gasteiger partial charge in [-0.2, -0.15) is 23.1 Å². The average molecular weight is 591 g/mol. The third kappa shape index (κ3) is 5.77. The van der Waals surface area contributed by atoms with E-state index in [1.165, 1.54) is 6.08 Å². The van der Waals surface area contributed by atoms with Crippen molar-refractivity contribution in [2.45, 2.75) is 63.7 Å². The summed E-state index contributed by atoms with van der Waals surface area (Å²) in [7, 11) is 2.04. The minimum atomic E-state index is -4.74. The maximum Gasteiger partial charge on any atom is 0.416 e. The zero-order chi connectivity index (χ0) is 30.3. The van der Waals surface area contributed by atoms with Gasteiger partial charge in [0.05, 0.1) is 16.9 Å². The van der Waals surface area contributed by atoms with Gasteiger partial charge >= 0.3 is 12.2 Å². The van der Waals surface area contributed by atoms with E-state index >= 15 is 4.39 Å². The van der Waals surface area contributed by atoms with Gasteiger partial charge in [-0.1, -0.05) is 13.5 Å². The predicted molar refractivity (Wildman–Crippen MR) is 152 cm³/mol. The van der Waals surface area contributed by atoms with Gasteiger partial charge in [0.1, 0.15) is 18.2 Å². The van der Waals surface area contributed by atoms with Crippen molar-refractivity contribution in [2.24, 2.45) is 5.92 Å². The minimum Gasteiger partial charge on any atom is -0.462 e. The molecule has 3 aliphatic rings. The standard InChI is InChI=1S/C30H38F4N6O2/c1-5-25(41)39-11-12-40(18(3)15-39)28-21-13-17(2)20(26-22(30(32,33)34)8-9-23(35)27(26)31)14-24(21)36-29(37-28)42-16-19-7-6-10-38(19)4/h5,8-9,17-20H,1,6-7,10-16,35H2,2-4H3/t17-,18-,19-,20-/m0/s1. The van der Waals surface area contributed by atoms with E-state index in [9.17, 15) is 18.0 Å². The molecule has 0 radical (unpaired) electrons. The molecule has 5 rings (SSSR count). The van der Waals surface area contributed by atoms with Crippen LogP contribution >= 0.6 is 0 Å². The molecule has 1 amide bonds. The summed E-state index contributed by atoms with van der Waals surface area (Å²) in [4.78, 5) is 27.9. The van der Waals surface area contributed by atoms with Crippen LogP contribution in [0.25, 0.3) is 0 Å². The fourth-order valence-corrected chi connectivity index (χ4v) is 6.62. The lowest BCUT2D eigenvalue weighted by molar-refractivity contribution is -0.138. The number of hydrogen-bond donors (Lipinski definition) is 1. The Hall–Kier alpha value is -3.41. The lowest BCUT2D eigenvalue weighted by atomic mass is 9.73. The molecule has 12 heteroatoms. The first-order valence-corrected chi connectivity index (χ1v) is 14.4. The molecule has 1 aromatic heterocycles. The van der Waals surface area contributed by atoms with Gasteiger partial charge in [-0.15, -0.1) is 0 Å². The smallest absolute Gasteiger partial charge is 0.416 e. The number of nitrogens with two attached hydrogens (primary N) is 1. The van der Waals surface area contributed by atoms with Gasteiger partial charge in [0.25, 0.3) is 0 Å². The maximum atomic E-state index is 15.4. The summed E-state index contributed by atoms with van der Waals surface area (Å²) in [6.45, 7) is 10.2. The normalized spacial score (nSPS) is 24.9. The molecule has 0 bridgehead atoms. The van der Waals surface area contributed by atoms with Crippen LogP contribution in [0.4, 0.5) is 29.1 Å². The average Bonchev–Trinajstić information content (AvgIpc) is 3.36. The Balaban J connectivity index is 1.54. The largest absolute Gasteiger partial charge is 0.462 e. The number of carbonyl (C=O) groups excluding carboxylic acids is 1. The Morgan fingerprint density at radius 1 is 1.19 bits per heavy atom. The van der Waals surface area contributed by atoms with Crippen LogP contribution in [0.1, 0.15) is 55.0 Å². The molecular weight excluding hydrogens is 552 g/mol. The highest BCUT2D eigenvalue weighted by atomic mass is 19.4. The number of hydrogen-bond acceptors (Lipinski definition) is 7. The molecule has 42 heavy (non-hydrogen) atoms. The van der Waals surface area contributed by atoms with Crippen LogP contribution in [0, 0.1) is 11.7 Å². The monoisotopic (exact) mass is 590 g/mol. The molecule has 3 heterocycles. The van der Waals surface area contributed by atoms with E-state index in [2.05, 4.69) is 16.4 Å². The number of nitrogen functional groups attached to an aromatic ring is 1. The van der Waals surface area contributed by atoms with Gasteiger partial charge in [-0.05, 0) is 76.2 Å². The number of anilines is 2. The highest BCUT2D eigenvalue weighted by Gasteiger charge is 2.42. The first kappa shape index (κ1) is 30.1. The summed E-state index contributed by atoms with van der Waals surface area (Å²) >= 11 is 0. The van der Waals surface area contributed by atoms with Crippen LogP contribution in [-0.2, 0) is 23.8 Å². The molecule has 2 aliphatic heterocycles. The molecule has 1 aromatic carbocycles. The first-order chi connectivity index (χ1) is 19.9. The third-order valence-corrected chi connectivity index (χ3v) is 9.02. The number of likely N-dealkylation sites (tertiary alicyclic amines) is 1. The lowest BCUT2D eigenvalue weighted by Gasteiger charge is -2.42. The second kappa shape index (κ2) is 11.7. The molecule has 2 aromatic rings. The zero-order valence-electron chi connectivity index (χ0n) is 24.3. The fraction of sp³-hybridized carbons (Fsp3) is 0.567. The van der Waals surface area contributed by atoms with E-state index in [0.29, 0.717) is 44.2 Å². The number of likely N-dealkylation sites (N-methyl/N-ethyl adjacent to an activating group) is 1. The van der Waals surface area contributed by atoms with Gasteiger partial charge < -0.3 is 25.2 Å². The van der Waals surface area contributed by atoms with Gasteiger partial charge in [0.15, 0.2) is 0 Å². The van der Waals surface area contributed by atoms with Crippen molar-refractivity contribution < 1.29 is 27.1 Å². The number of fused-ring (bicyclic) bond motifs is 1. The minimum absolute atomic E-state index is 0.0818. The molecular formula is C30H38F4N6O2. The maximum absolute atomic E-state index is 15.4. The lowest BCUT2D eigenvalue weighted by Crippen LogP contribution is -2.54. The second-order valence-electron chi connectivity index (χ2n) is 11.8. The molecule has 228 valence electrons. The number of amides is 1. The Morgan fingerprint density at radius 2 is 1.95 bits per heavy atom. The van der Waals surface area contributed by atoms with E-state index < -0.39 is 29.0 Å². The van der Waals surface area contributed by atoms with Crippen molar-refractivity contribution in [1.82, 2.24) is 19.8 Å². The molecule has 2 N–H and O–H groups in total. The zero-order valence-corrected chi connectivity index (χ0v) is 24.3. The van der Waals surface area contributed by atoms with E-state index in [1.54, 1.807) is 4.90 Å². The van der Waals surface area contributed by atoms with Crippen molar-refractivity contribution in [1.29, 1.82) is 0 Å². The number of nitrogens with zero attached hydrogens (tertiary/aromatic N) is 5. The SMILES string of the molecule is C=CC(=O)N1CCN(c2nc(OC[C@@H]3CCCN3C)nc3c2C[C@H](C)[C@@H](c2c(C(F)(F)F)ccc(N)c2F)C3)[C@@H](C)C1. The Bertz CT molecular complexity index is 1350. The topological polar surface area (TPSA) is 87.8 Å². The Morgan fingerprint density at radius 3 is 2.60 bits per heavy atom. The number of carbonyl (C=O) groups is 1. The molecule has 2 saturated heterocycles. The van der Waals surface area contributed by atoms with Crippen LogP contribution in [0.5, 0.6) is 6.01 Å². The number of piperazine rings is 1. The van der Waals surface area contributed by atoms with E-state index in [4.69, 9.17) is 20.4 Å². The summed E-state index contributed by atoms with van der Waals surface area (Å²) in [5, 5.41) is 0. The molecule has 4 atom stereocenters. The summed E-state index contributed by atoms with van der Waals surface area (Å²) in [5.41, 5.74) is 5.38. The number of alkyl halides is 3. The van der Waals surface area contributed by atoms with Crippen molar-refractivity contribution >= 4 is 17.4 Å². The highest BCUT2D eigenvalue weighted by Crippen LogP contribution is 2.46. The first-order valence-electron chi connectivity index (χ1n) is 14.4. The van der Waals surface area contributed by atoms with Crippen LogP contribution in [0.2, 0.25) is 0 Å². The third-order valence-electron chi connectivity index (χ3n) is 9.02. The number of halogens is 4. The van der Waals surface area contributed by atoms with E-state index in [1.807, 2.05) is 20.9 Å². The van der Waals surface area contributed by atoms with Crippen LogP contribution in [-0.4, -0.2) is 77.6 Å². The Kier molecular flexibility index (Phi) is 8.37. The second-order valence-corrected chi connectivity index (χ2v) is 11.8. The summed E-state index contributed by atoms with van der Waals surface area (Å²) in [6.07, 6.45) is -0.949. The summed E-state index contributed by atoms with van der Waals surface area (Å²) in [5.74, 6) is -1.67. The van der Waals surface area contributed by atoms with Gasteiger partial charge in [-0.25, -0.2) is 4.39 Å². The van der Waals surface area contributed by atoms with Crippen molar-refractivity contribution in [3.63, 3.8) is 0 Å². The fourth-order valence-electron chi connectivity index (χ4n) is 6.62. The molecule has 2 fully saturated rings. The summed E-state index contributed by atoms with van der Waals surface area (Å²) < 4.78 is 63.6. The number of benzene rings is 1. The molecule has 0 saturated carbocycles. The molecule has 0 unspecified atom stereocenters. The molecule has 8 nitrogen and oxygen atoms in total. The van der Waals surface area contributed by atoms with Crippen molar-refractivity contribution in [2.75, 3.05) is 50.5 Å². The Labute approximate surface area is 243 Å². The van der Waals surface area contributed by atoms with Crippen molar-refractivity contribution in [3.8, 4) is 6.01 Å². The molecule has 0 spiro atoms. The number of aromatic nitrogens is 2. The molecule has 1 aliphatic carbocycles. The van der Waals surface area contributed by atoms with Gasteiger partial charge in [0, 0.05) is 42.8 Å². The van der Waals surface area contributed by atoms with Gasteiger partial charge in [-0.3, -0.25) is 4.79 Å². The van der Waals surface area contributed by atoms with Crippen molar-refractivity contribution in [3.05, 3.63) is 53.0 Å². The number of rotatable bonds is 6. The summed E-state index contributed by atoms with van der Waals surface area (Å²) in [6, 6.07) is 2.10. The van der Waals surface area contributed by atoms with Gasteiger partial charge in [0.2, 0.25) is 5.91 Å². The van der Waals surface area contributed by atoms with Crippen LogP contribution < -0.4 is 15.4 Å². The van der Waals surface area contributed by atoms with Crippen LogP contribution in [0.3, 0.4) is 0 Å². The quantitative estimate of drug-likeness (QED) is 0.303. The predicted octanol–water partition coefficient (Wildman–Crippen LogP) is 4.43.